The largest absolute Gasteiger partial charge is 0.368 e. The summed E-state index contributed by atoms with van der Waals surface area (Å²) in [4.78, 5) is 9.78. The molecular weight excluding hydrogens is 242 g/mol. The van der Waals surface area contributed by atoms with E-state index in [0.29, 0.717) is 5.15 Å². The Hall–Kier alpha value is -0.870. The second-order valence-electron chi connectivity index (χ2n) is 4.11. The Morgan fingerprint density at radius 2 is 1.94 bits per heavy atom. The van der Waals surface area contributed by atoms with Gasteiger partial charge in [-0.15, -0.1) is 11.3 Å². The van der Waals surface area contributed by atoms with Crippen LogP contribution in [-0.2, 0) is 12.8 Å². The van der Waals surface area contributed by atoms with Gasteiger partial charge in [0.1, 0.15) is 0 Å². The summed E-state index contributed by atoms with van der Waals surface area (Å²) in [6.45, 7) is 0. The molecule has 3 rings (SSSR count). The number of aromatic nitrogens is 2. The summed E-state index contributed by atoms with van der Waals surface area (Å²) in [6, 6.07) is 0. The second kappa shape index (κ2) is 3.86. The van der Waals surface area contributed by atoms with Gasteiger partial charge in [-0.1, -0.05) is 18.0 Å². The molecule has 0 radical (unpaired) electrons. The van der Waals surface area contributed by atoms with Gasteiger partial charge in [0.2, 0.25) is 5.95 Å². The van der Waals surface area contributed by atoms with Gasteiger partial charge in [0.15, 0.2) is 5.15 Å². The average Bonchev–Trinajstić information content (AvgIpc) is 2.46. The van der Waals surface area contributed by atoms with E-state index in [-0.39, 0.29) is 5.95 Å². The molecule has 1 aliphatic carbocycles. The fourth-order valence-corrected chi connectivity index (χ4v) is 3.78. The normalized spacial score (nSPS) is 16.1. The van der Waals surface area contributed by atoms with Crippen molar-refractivity contribution in [2.24, 2.45) is 0 Å². The Labute approximate surface area is 103 Å². The maximum absolute atomic E-state index is 6.10. The first kappa shape index (κ1) is 10.3. The molecule has 0 aliphatic heterocycles. The first-order valence-corrected chi connectivity index (χ1v) is 6.68. The third-order valence-corrected chi connectivity index (χ3v) is 4.69. The van der Waals surface area contributed by atoms with Crippen LogP contribution in [0.5, 0.6) is 0 Å². The lowest BCUT2D eigenvalue weighted by Gasteiger charge is -1.99. The molecule has 5 heteroatoms. The molecule has 0 aromatic carbocycles. The molecule has 0 unspecified atom stereocenters. The molecule has 84 valence electrons. The van der Waals surface area contributed by atoms with Gasteiger partial charge >= 0.3 is 0 Å². The number of halogens is 1. The number of aryl methyl sites for hydroxylation is 2. The topological polar surface area (TPSA) is 51.8 Å². The summed E-state index contributed by atoms with van der Waals surface area (Å²) in [5.41, 5.74) is 7.99. The maximum atomic E-state index is 6.10. The minimum absolute atomic E-state index is 0.280. The first-order valence-electron chi connectivity index (χ1n) is 5.49. The summed E-state index contributed by atoms with van der Waals surface area (Å²) >= 11 is 7.84. The lowest BCUT2D eigenvalue weighted by atomic mass is 10.1. The van der Waals surface area contributed by atoms with Gasteiger partial charge < -0.3 is 5.73 Å². The number of hydrogen-bond donors (Lipinski definition) is 1. The van der Waals surface area contributed by atoms with Crippen molar-refractivity contribution < 1.29 is 0 Å². The third-order valence-electron chi connectivity index (χ3n) is 3.02. The highest BCUT2D eigenvalue weighted by Crippen LogP contribution is 2.37. The SMILES string of the molecule is Nc1nc(Cl)c2sc3c(c2n1)CCCCC3. The van der Waals surface area contributed by atoms with E-state index >= 15 is 0 Å². The summed E-state index contributed by atoms with van der Waals surface area (Å²) in [6.07, 6.45) is 6.05. The molecule has 0 saturated carbocycles. The van der Waals surface area contributed by atoms with Crippen molar-refractivity contribution >= 4 is 39.1 Å². The van der Waals surface area contributed by atoms with Gasteiger partial charge in [-0.05, 0) is 31.2 Å². The Bertz CT molecular complexity index is 550. The van der Waals surface area contributed by atoms with E-state index in [1.165, 1.54) is 29.7 Å². The number of hydrogen-bond acceptors (Lipinski definition) is 4. The second-order valence-corrected chi connectivity index (χ2v) is 5.58. The Morgan fingerprint density at radius 1 is 1.12 bits per heavy atom. The maximum Gasteiger partial charge on any atom is 0.222 e. The van der Waals surface area contributed by atoms with Gasteiger partial charge in [0.05, 0.1) is 10.2 Å². The Morgan fingerprint density at radius 3 is 2.81 bits per heavy atom. The smallest absolute Gasteiger partial charge is 0.222 e. The minimum atomic E-state index is 0.280. The van der Waals surface area contributed by atoms with Gasteiger partial charge in [-0.3, -0.25) is 0 Å². The fourth-order valence-electron chi connectivity index (χ4n) is 2.28. The number of anilines is 1. The quantitative estimate of drug-likeness (QED) is 0.579. The number of thiophene rings is 1. The number of nitrogen functional groups attached to an aromatic ring is 1. The fraction of sp³-hybridized carbons (Fsp3) is 0.455. The van der Waals surface area contributed by atoms with Gasteiger partial charge in [0, 0.05) is 4.88 Å². The molecule has 0 atom stereocenters. The first-order chi connectivity index (χ1) is 7.75. The predicted molar refractivity (Wildman–Crippen MR) is 68.1 cm³/mol. The molecule has 0 saturated heterocycles. The van der Waals surface area contributed by atoms with Crippen LogP contribution in [0, 0.1) is 0 Å². The van der Waals surface area contributed by atoms with E-state index in [0.717, 1.165) is 23.1 Å². The Kier molecular flexibility index (Phi) is 2.48. The molecule has 3 nitrogen and oxygen atoms in total. The van der Waals surface area contributed by atoms with Crippen LogP contribution in [0.2, 0.25) is 5.15 Å². The van der Waals surface area contributed by atoms with E-state index in [1.807, 2.05) is 0 Å². The van der Waals surface area contributed by atoms with Crippen molar-refractivity contribution in [2.75, 3.05) is 5.73 Å². The van der Waals surface area contributed by atoms with Gasteiger partial charge in [-0.25, -0.2) is 4.98 Å². The molecule has 0 spiro atoms. The van der Waals surface area contributed by atoms with Crippen LogP contribution in [0.25, 0.3) is 10.2 Å². The van der Waals surface area contributed by atoms with Gasteiger partial charge in [0.25, 0.3) is 0 Å². The zero-order chi connectivity index (χ0) is 11.1. The number of rotatable bonds is 0. The number of fused-ring (bicyclic) bond motifs is 3. The van der Waals surface area contributed by atoms with E-state index in [9.17, 15) is 0 Å². The molecule has 1 aliphatic rings. The summed E-state index contributed by atoms with van der Waals surface area (Å²) < 4.78 is 1.00. The van der Waals surface area contributed by atoms with E-state index in [1.54, 1.807) is 11.3 Å². The lowest BCUT2D eigenvalue weighted by Crippen LogP contribution is -1.95. The zero-order valence-electron chi connectivity index (χ0n) is 8.79. The molecule has 2 aromatic heterocycles. The molecule has 2 N–H and O–H groups in total. The average molecular weight is 254 g/mol. The van der Waals surface area contributed by atoms with E-state index < -0.39 is 0 Å². The predicted octanol–water partition coefficient (Wildman–Crippen LogP) is 3.20. The number of nitrogens with zero attached hydrogens (tertiary/aromatic N) is 2. The molecule has 0 fully saturated rings. The van der Waals surface area contributed by atoms with Crippen molar-refractivity contribution in [3.63, 3.8) is 0 Å². The zero-order valence-corrected chi connectivity index (χ0v) is 10.4. The van der Waals surface area contributed by atoms with E-state index in [4.69, 9.17) is 17.3 Å². The van der Waals surface area contributed by atoms with Crippen LogP contribution in [0.15, 0.2) is 0 Å². The van der Waals surface area contributed by atoms with E-state index in [2.05, 4.69) is 9.97 Å². The highest BCUT2D eigenvalue weighted by atomic mass is 35.5. The van der Waals surface area contributed by atoms with Crippen LogP contribution in [-0.4, -0.2) is 9.97 Å². The summed E-state index contributed by atoms with van der Waals surface area (Å²) in [7, 11) is 0. The third kappa shape index (κ3) is 1.57. The van der Waals surface area contributed by atoms with Crippen molar-refractivity contribution in [1.82, 2.24) is 9.97 Å². The van der Waals surface area contributed by atoms with Gasteiger partial charge in [-0.2, -0.15) is 4.98 Å². The molecule has 0 bridgehead atoms. The van der Waals surface area contributed by atoms with Crippen LogP contribution in [0.4, 0.5) is 5.95 Å². The molecule has 0 amide bonds. The van der Waals surface area contributed by atoms with Crippen molar-refractivity contribution in [2.45, 2.75) is 32.1 Å². The molecule has 2 aromatic rings. The molecule has 2 heterocycles. The molecule has 16 heavy (non-hydrogen) atoms. The van der Waals surface area contributed by atoms with Crippen molar-refractivity contribution in [3.05, 3.63) is 15.6 Å². The van der Waals surface area contributed by atoms with Crippen LogP contribution < -0.4 is 5.73 Å². The summed E-state index contributed by atoms with van der Waals surface area (Å²) in [5.74, 6) is 0.280. The van der Waals surface area contributed by atoms with Crippen LogP contribution in [0.3, 0.4) is 0 Å². The Balaban J connectivity index is 2.29. The monoisotopic (exact) mass is 253 g/mol. The minimum Gasteiger partial charge on any atom is -0.368 e. The van der Waals surface area contributed by atoms with Crippen molar-refractivity contribution in [3.8, 4) is 0 Å². The highest BCUT2D eigenvalue weighted by molar-refractivity contribution is 7.19. The number of nitrogens with two attached hydrogens (primary N) is 1. The van der Waals surface area contributed by atoms with Crippen molar-refractivity contribution in [1.29, 1.82) is 0 Å². The molecular formula is C11H12ClN3S. The lowest BCUT2D eigenvalue weighted by molar-refractivity contribution is 0.713. The highest BCUT2D eigenvalue weighted by Gasteiger charge is 2.18. The standard InChI is InChI=1S/C11H12ClN3S/c12-10-9-8(14-11(13)15-10)6-4-2-1-3-5-7(6)16-9/h1-5H2,(H2,13,14,15). The van der Waals surface area contributed by atoms with Crippen LogP contribution >= 0.6 is 22.9 Å². The summed E-state index contributed by atoms with van der Waals surface area (Å²) in [5, 5.41) is 0.501. The van der Waals surface area contributed by atoms with Crippen LogP contribution in [0.1, 0.15) is 29.7 Å².